The second kappa shape index (κ2) is 10.5. The van der Waals surface area contributed by atoms with Crippen molar-refractivity contribution >= 4 is 42.1 Å². The van der Waals surface area contributed by atoms with E-state index in [1.165, 1.54) is 23.8 Å². The Labute approximate surface area is 206 Å². The van der Waals surface area contributed by atoms with E-state index in [4.69, 9.17) is 0 Å². The molecule has 4 rings (SSSR count). The van der Waals surface area contributed by atoms with E-state index in [1.54, 1.807) is 6.08 Å². The Morgan fingerprint density at radius 3 is 2.66 bits per heavy atom. The number of aryl methyl sites for hydroxylation is 2. The summed E-state index contributed by atoms with van der Waals surface area (Å²) < 4.78 is 13.9. The molecule has 2 heterocycles. The van der Waals surface area contributed by atoms with Gasteiger partial charge in [-0.05, 0) is 81.1 Å². The number of carbonyl (C=O) groups is 2. The van der Waals surface area contributed by atoms with E-state index < -0.39 is 5.54 Å². The van der Waals surface area contributed by atoms with Crippen molar-refractivity contribution in [2.45, 2.75) is 38.6 Å². The third-order valence-electron chi connectivity index (χ3n) is 6.93. The molecule has 8 heteroatoms. The second-order valence-corrected chi connectivity index (χ2v) is 9.46. The van der Waals surface area contributed by atoms with Crippen molar-refractivity contribution in [3.8, 4) is 0 Å². The van der Waals surface area contributed by atoms with Crippen LogP contribution in [0, 0.1) is 19.7 Å². The van der Waals surface area contributed by atoms with Gasteiger partial charge in [0.15, 0.2) is 0 Å². The summed E-state index contributed by atoms with van der Waals surface area (Å²) in [5.74, 6) is -0.748. The predicted molar refractivity (Wildman–Crippen MR) is 141 cm³/mol. The number of hydrogen-bond donors (Lipinski definition) is 4. The van der Waals surface area contributed by atoms with Crippen molar-refractivity contribution in [1.29, 1.82) is 0 Å². The summed E-state index contributed by atoms with van der Waals surface area (Å²) in [6.07, 6.45) is 6.71. The molecule has 0 bridgehead atoms. The average Bonchev–Trinajstić information content (AvgIpc) is 3.23. The molecule has 182 valence electrons. The molecule has 6 nitrogen and oxygen atoms in total. The van der Waals surface area contributed by atoms with E-state index in [0.29, 0.717) is 38.9 Å². The molecule has 1 saturated heterocycles. The smallest absolute Gasteiger partial charge is 0.245 e. The Kier molecular flexibility index (Phi) is 7.41. The number of rotatable bonds is 7. The predicted octanol–water partition coefficient (Wildman–Crippen LogP) is 1.79. The van der Waals surface area contributed by atoms with Gasteiger partial charge in [0, 0.05) is 29.7 Å². The second-order valence-electron chi connectivity index (χ2n) is 9.46. The first-order valence-electron chi connectivity index (χ1n) is 12.1. The molecular weight excluding hydrogens is 442 g/mol. The van der Waals surface area contributed by atoms with Crippen LogP contribution < -0.4 is 21.4 Å². The van der Waals surface area contributed by atoms with Crippen LogP contribution in [0.3, 0.4) is 0 Å². The van der Waals surface area contributed by atoms with Crippen LogP contribution in [0.2, 0.25) is 0 Å². The normalized spacial score (nSPS) is 15.4. The molecule has 1 aliphatic heterocycles. The van der Waals surface area contributed by atoms with Crippen LogP contribution in [0.15, 0.2) is 42.6 Å². The molecule has 4 N–H and O–H groups in total. The molecule has 2 amide bonds. The summed E-state index contributed by atoms with van der Waals surface area (Å²) in [7, 11) is 2.04. The first-order chi connectivity index (χ1) is 16.8. The van der Waals surface area contributed by atoms with Gasteiger partial charge in [0.25, 0.3) is 0 Å². The molecule has 0 saturated carbocycles. The lowest BCUT2D eigenvalue weighted by Gasteiger charge is -2.36. The number of nitrogens with one attached hydrogen (secondary N) is 4. The largest absolute Gasteiger partial charge is 0.361 e. The number of H-pyrrole nitrogens is 1. The maximum atomic E-state index is 13.9. The molecule has 1 aliphatic rings. The fourth-order valence-corrected chi connectivity index (χ4v) is 4.69. The van der Waals surface area contributed by atoms with Crippen LogP contribution in [0.25, 0.3) is 17.0 Å². The summed E-state index contributed by atoms with van der Waals surface area (Å²) in [5.41, 5.74) is 5.05. The molecule has 0 aliphatic carbocycles. The number of amides is 2. The maximum Gasteiger partial charge on any atom is 0.245 e. The monoisotopic (exact) mass is 474 g/mol. The number of hydrogen-bond acceptors (Lipinski definition) is 3. The molecule has 0 radical (unpaired) electrons. The van der Waals surface area contributed by atoms with Gasteiger partial charge in [-0.3, -0.25) is 9.59 Å². The van der Waals surface area contributed by atoms with Gasteiger partial charge in [-0.15, -0.1) is 0 Å². The molecule has 35 heavy (non-hydrogen) atoms. The average molecular weight is 474 g/mol. The quantitative estimate of drug-likeness (QED) is 0.311. The highest BCUT2D eigenvalue weighted by Gasteiger charge is 2.40. The Morgan fingerprint density at radius 1 is 1.14 bits per heavy atom. The van der Waals surface area contributed by atoms with Gasteiger partial charge in [-0.25, -0.2) is 4.39 Å². The van der Waals surface area contributed by atoms with E-state index >= 15 is 0 Å². The topological polar surface area (TPSA) is 86.0 Å². The first-order valence-corrected chi connectivity index (χ1v) is 12.1. The van der Waals surface area contributed by atoms with Gasteiger partial charge >= 0.3 is 0 Å². The van der Waals surface area contributed by atoms with E-state index in [2.05, 4.69) is 20.9 Å². The zero-order valence-electron chi connectivity index (χ0n) is 20.6. The lowest BCUT2D eigenvalue weighted by atomic mass is 9.87. The molecule has 0 atom stereocenters. The summed E-state index contributed by atoms with van der Waals surface area (Å²) >= 11 is 0. The van der Waals surface area contributed by atoms with Crippen LogP contribution in [0.4, 0.5) is 4.39 Å². The van der Waals surface area contributed by atoms with E-state index in [0.717, 1.165) is 33.1 Å². The van der Waals surface area contributed by atoms with Crippen molar-refractivity contribution in [2.75, 3.05) is 19.6 Å². The van der Waals surface area contributed by atoms with Gasteiger partial charge in [0.1, 0.15) is 19.2 Å². The van der Waals surface area contributed by atoms with E-state index in [9.17, 15) is 14.0 Å². The molecule has 0 unspecified atom stereocenters. The molecular formula is C27H32BFN4O2. The Bertz CT molecular complexity index is 1280. The zero-order valence-corrected chi connectivity index (χ0v) is 20.6. The van der Waals surface area contributed by atoms with E-state index in [1.807, 2.05) is 46.1 Å². The van der Waals surface area contributed by atoms with Crippen molar-refractivity contribution in [1.82, 2.24) is 20.9 Å². The molecule has 2 aromatic carbocycles. The van der Waals surface area contributed by atoms with Gasteiger partial charge in [-0.1, -0.05) is 29.2 Å². The highest BCUT2D eigenvalue weighted by Crippen LogP contribution is 2.24. The molecule has 3 aromatic rings. The fourth-order valence-electron chi connectivity index (χ4n) is 4.69. The zero-order chi connectivity index (χ0) is 25.0. The van der Waals surface area contributed by atoms with Gasteiger partial charge in [0.05, 0.1) is 0 Å². The minimum absolute atomic E-state index is 0.186. The number of aromatic nitrogens is 1. The van der Waals surface area contributed by atoms with Crippen molar-refractivity contribution in [2.24, 2.45) is 0 Å². The van der Waals surface area contributed by atoms with Crippen LogP contribution in [-0.4, -0.2) is 49.8 Å². The maximum absolute atomic E-state index is 13.9. The van der Waals surface area contributed by atoms with E-state index in [-0.39, 0.29) is 17.6 Å². The third-order valence-corrected chi connectivity index (χ3v) is 6.93. The molecule has 0 spiro atoms. The van der Waals surface area contributed by atoms with Crippen molar-refractivity contribution < 1.29 is 14.0 Å². The van der Waals surface area contributed by atoms with Gasteiger partial charge in [0.2, 0.25) is 11.8 Å². The Balaban J connectivity index is 1.41. The molecule has 1 aromatic heterocycles. The Hall–Kier alpha value is -3.39. The summed E-state index contributed by atoms with van der Waals surface area (Å²) in [6.45, 7) is 5.61. The number of halogens is 1. The molecule has 1 fully saturated rings. The summed E-state index contributed by atoms with van der Waals surface area (Å²) in [6, 6.07) is 9.05. The van der Waals surface area contributed by atoms with Crippen LogP contribution in [-0.2, 0) is 16.0 Å². The lowest BCUT2D eigenvalue weighted by molar-refractivity contribution is -0.133. The van der Waals surface area contributed by atoms with Gasteiger partial charge in [-0.2, -0.15) is 0 Å². The summed E-state index contributed by atoms with van der Waals surface area (Å²) in [4.78, 5) is 29.2. The number of benzene rings is 2. The van der Waals surface area contributed by atoms with Crippen molar-refractivity contribution in [3.63, 3.8) is 0 Å². The Morgan fingerprint density at radius 2 is 1.91 bits per heavy atom. The minimum Gasteiger partial charge on any atom is -0.361 e. The number of piperidine rings is 1. The third kappa shape index (κ3) is 5.65. The minimum atomic E-state index is -0.960. The van der Waals surface area contributed by atoms with Crippen molar-refractivity contribution in [3.05, 3.63) is 70.7 Å². The van der Waals surface area contributed by atoms with Gasteiger partial charge < -0.3 is 20.9 Å². The SMILES string of the molecule is Bc1cc(/C=C/C(=O)NC2(C(=O)NCCc3c[nH]c4c(C)cc(F)cc34)CCNCC2)ccc1C. The highest BCUT2D eigenvalue weighted by atomic mass is 19.1. The van der Waals surface area contributed by atoms with Crippen LogP contribution in [0.5, 0.6) is 0 Å². The lowest BCUT2D eigenvalue weighted by Crippen LogP contribution is -2.62. The number of fused-ring (bicyclic) bond motifs is 1. The number of aromatic amines is 1. The van der Waals surface area contributed by atoms with Crippen LogP contribution >= 0.6 is 0 Å². The standard InChI is InChI=1S/C27H32BFN4O2/c1-17-3-4-19(14-23(17)28)5-6-24(34)33-27(8-11-30-12-9-27)26(35)31-10-7-20-16-32-25-18(2)13-21(29)15-22(20)25/h3-6,13-16,30,32H,7-12,28H2,1-2H3,(H,31,35)(H,33,34)/b6-5+. The first kappa shape index (κ1) is 24.7. The highest BCUT2D eigenvalue weighted by molar-refractivity contribution is 6.33. The fraction of sp³-hybridized carbons (Fsp3) is 0.333. The summed E-state index contributed by atoms with van der Waals surface area (Å²) in [5, 5.41) is 10.1. The van der Waals surface area contributed by atoms with Crippen LogP contribution in [0.1, 0.15) is 35.1 Å². The number of carbonyl (C=O) groups excluding carboxylic acids is 2.